The predicted octanol–water partition coefficient (Wildman–Crippen LogP) is 2.12. The van der Waals surface area contributed by atoms with E-state index in [0.717, 1.165) is 0 Å². The average molecular weight is 287 g/mol. The van der Waals surface area contributed by atoms with Gasteiger partial charge in [-0.3, -0.25) is 4.90 Å². The van der Waals surface area contributed by atoms with Crippen molar-refractivity contribution < 1.29 is 24.2 Å². The van der Waals surface area contributed by atoms with Crippen LogP contribution in [0.4, 0.5) is 4.79 Å². The lowest BCUT2D eigenvalue weighted by Gasteiger charge is -2.36. The highest BCUT2D eigenvalue weighted by Gasteiger charge is 2.41. The number of carboxylic acids is 1. The largest absolute Gasteiger partial charge is 0.480 e. The normalized spacial score (nSPS) is 20.8. The maximum absolute atomic E-state index is 12.3. The van der Waals surface area contributed by atoms with E-state index in [2.05, 4.69) is 0 Å². The molecule has 0 saturated carbocycles. The monoisotopic (exact) mass is 287 g/mol. The first-order chi connectivity index (χ1) is 9.13. The van der Waals surface area contributed by atoms with Crippen molar-refractivity contribution in [3.63, 3.8) is 0 Å². The Bertz CT molecular complexity index is 355. The standard InChI is InChI=1S/C14H25NO5/c1-9(2)15(13(18)20-14(3,4)5)11(12(16)17)10-6-7-19-8-10/h9-11H,6-8H2,1-5H3,(H,16,17). The summed E-state index contributed by atoms with van der Waals surface area (Å²) in [5, 5.41) is 9.50. The lowest BCUT2D eigenvalue weighted by atomic mass is 9.96. The van der Waals surface area contributed by atoms with Gasteiger partial charge in [-0.1, -0.05) is 0 Å². The first-order valence-corrected chi connectivity index (χ1v) is 6.95. The van der Waals surface area contributed by atoms with Crippen molar-refractivity contribution in [1.29, 1.82) is 0 Å². The van der Waals surface area contributed by atoms with E-state index < -0.39 is 23.7 Å². The van der Waals surface area contributed by atoms with Gasteiger partial charge >= 0.3 is 12.1 Å². The van der Waals surface area contributed by atoms with Crippen molar-refractivity contribution >= 4 is 12.1 Å². The number of amides is 1. The van der Waals surface area contributed by atoms with Crippen LogP contribution in [0.3, 0.4) is 0 Å². The van der Waals surface area contributed by atoms with E-state index in [1.165, 1.54) is 4.90 Å². The molecule has 6 heteroatoms. The van der Waals surface area contributed by atoms with Gasteiger partial charge in [-0.05, 0) is 41.0 Å². The smallest absolute Gasteiger partial charge is 0.411 e. The number of hydrogen-bond donors (Lipinski definition) is 1. The number of carbonyl (C=O) groups excluding carboxylic acids is 1. The van der Waals surface area contributed by atoms with E-state index in [0.29, 0.717) is 19.6 Å². The molecule has 1 rings (SSSR count). The second kappa shape index (κ2) is 6.43. The summed E-state index contributed by atoms with van der Waals surface area (Å²) in [7, 11) is 0. The van der Waals surface area contributed by atoms with E-state index in [1.54, 1.807) is 34.6 Å². The molecule has 6 nitrogen and oxygen atoms in total. The van der Waals surface area contributed by atoms with Gasteiger partial charge in [-0.25, -0.2) is 9.59 Å². The fraction of sp³-hybridized carbons (Fsp3) is 0.857. The van der Waals surface area contributed by atoms with Crippen LogP contribution in [-0.4, -0.2) is 53.0 Å². The molecule has 0 radical (unpaired) electrons. The quantitative estimate of drug-likeness (QED) is 0.857. The van der Waals surface area contributed by atoms with Crippen LogP contribution in [0.5, 0.6) is 0 Å². The van der Waals surface area contributed by atoms with Crippen LogP contribution in [0.1, 0.15) is 41.0 Å². The van der Waals surface area contributed by atoms with Gasteiger partial charge in [0.25, 0.3) is 0 Å². The Morgan fingerprint density at radius 2 is 1.95 bits per heavy atom. The molecule has 0 aromatic rings. The summed E-state index contributed by atoms with van der Waals surface area (Å²) < 4.78 is 10.6. The van der Waals surface area contributed by atoms with Crippen LogP contribution < -0.4 is 0 Å². The van der Waals surface area contributed by atoms with Crippen molar-refractivity contribution in [1.82, 2.24) is 4.90 Å². The number of hydrogen-bond acceptors (Lipinski definition) is 4. The van der Waals surface area contributed by atoms with Crippen molar-refractivity contribution in [3.05, 3.63) is 0 Å². The number of carboxylic acid groups (broad SMARTS) is 1. The molecule has 1 amide bonds. The van der Waals surface area contributed by atoms with Gasteiger partial charge < -0.3 is 14.6 Å². The molecular weight excluding hydrogens is 262 g/mol. The van der Waals surface area contributed by atoms with Gasteiger partial charge in [-0.15, -0.1) is 0 Å². The fourth-order valence-corrected chi connectivity index (χ4v) is 2.31. The molecule has 1 heterocycles. The van der Waals surface area contributed by atoms with Crippen molar-refractivity contribution in [2.24, 2.45) is 5.92 Å². The second-order valence-electron chi connectivity index (χ2n) is 6.39. The molecule has 2 unspecified atom stereocenters. The minimum atomic E-state index is -1.01. The second-order valence-corrected chi connectivity index (χ2v) is 6.39. The first-order valence-electron chi connectivity index (χ1n) is 6.95. The zero-order valence-electron chi connectivity index (χ0n) is 12.9. The summed E-state index contributed by atoms with van der Waals surface area (Å²) in [5.41, 5.74) is -0.653. The molecule has 2 atom stereocenters. The van der Waals surface area contributed by atoms with E-state index in [9.17, 15) is 14.7 Å². The summed E-state index contributed by atoms with van der Waals surface area (Å²) in [6, 6.07) is -1.17. The zero-order valence-corrected chi connectivity index (χ0v) is 12.9. The summed E-state index contributed by atoms with van der Waals surface area (Å²) in [5.74, 6) is -1.21. The van der Waals surface area contributed by atoms with Gasteiger partial charge in [0.05, 0.1) is 6.61 Å². The number of nitrogens with zero attached hydrogens (tertiary/aromatic N) is 1. The number of carbonyl (C=O) groups is 2. The lowest BCUT2D eigenvalue weighted by Crippen LogP contribution is -2.54. The van der Waals surface area contributed by atoms with Gasteiger partial charge in [0.15, 0.2) is 0 Å². The third-order valence-corrected chi connectivity index (χ3v) is 3.12. The van der Waals surface area contributed by atoms with Crippen molar-refractivity contribution in [2.75, 3.05) is 13.2 Å². The third-order valence-electron chi connectivity index (χ3n) is 3.12. The summed E-state index contributed by atoms with van der Waals surface area (Å²) in [4.78, 5) is 25.2. The molecule has 0 aromatic heterocycles. The minimum absolute atomic E-state index is 0.192. The molecule has 0 bridgehead atoms. The van der Waals surface area contributed by atoms with Crippen LogP contribution in [0.25, 0.3) is 0 Å². The SMILES string of the molecule is CC(C)N(C(=O)OC(C)(C)C)C(C(=O)O)C1CCOC1. The molecule has 1 aliphatic rings. The molecule has 0 aliphatic carbocycles. The van der Waals surface area contributed by atoms with Crippen LogP contribution in [0.15, 0.2) is 0 Å². The average Bonchev–Trinajstić information content (AvgIpc) is 2.74. The van der Waals surface area contributed by atoms with Gasteiger partial charge in [0, 0.05) is 18.6 Å². The predicted molar refractivity (Wildman–Crippen MR) is 73.6 cm³/mol. The molecule has 1 fully saturated rings. The topological polar surface area (TPSA) is 76.1 Å². The molecule has 116 valence electrons. The molecule has 0 spiro atoms. The number of ether oxygens (including phenoxy) is 2. The Balaban J connectivity index is 2.96. The Kier molecular flexibility index (Phi) is 5.39. The van der Waals surface area contributed by atoms with Crippen LogP contribution in [0, 0.1) is 5.92 Å². The molecule has 1 N–H and O–H groups in total. The maximum atomic E-state index is 12.3. The number of aliphatic carboxylic acids is 1. The van der Waals surface area contributed by atoms with Crippen LogP contribution in [-0.2, 0) is 14.3 Å². The molecule has 0 aromatic carbocycles. The molecule has 1 saturated heterocycles. The fourth-order valence-electron chi connectivity index (χ4n) is 2.31. The van der Waals surface area contributed by atoms with Gasteiger partial charge in [0.1, 0.15) is 11.6 Å². The third kappa shape index (κ3) is 4.37. The van der Waals surface area contributed by atoms with E-state index in [-0.39, 0.29) is 12.0 Å². The summed E-state index contributed by atoms with van der Waals surface area (Å²) >= 11 is 0. The highest BCUT2D eigenvalue weighted by Crippen LogP contribution is 2.25. The molecule has 20 heavy (non-hydrogen) atoms. The Labute approximate surface area is 120 Å². The summed E-state index contributed by atoms with van der Waals surface area (Å²) in [6.45, 7) is 9.76. The Morgan fingerprint density at radius 1 is 1.35 bits per heavy atom. The summed E-state index contributed by atoms with van der Waals surface area (Å²) in [6.07, 6.45) is 0.0509. The van der Waals surface area contributed by atoms with Crippen molar-refractivity contribution in [3.8, 4) is 0 Å². The Morgan fingerprint density at radius 3 is 2.30 bits per heavy atom. The van der Waals surface area contributed by atoms with Crippen LogP contribution in [0.2, 0.25) is 0 Å². The maximum Gasteiger partial charge on any atom is 0.411 e. The molecule has 1 aliphatic heterocycles. The lowest BCUT2D eigenvalue weighted by molar-refractivity contribution is -0.146. The van der Waals surface area contributed by atoms with Crippen LogP contribution >= 0.6 is 0 Å². The van der Waals surface area contributed by atoms with E-state index >= 15 is 0 Å². The van der Waals surface area contributed by atoms with E-state index in [4.69, 9.17) is 9.47 Å². The van der Waals surface area contributed by atoms with Crippen molar-refractivity contribution in [2.45, 2.75) is 58.7 Å². The van der Waals surface area contributed by atoms with Gasteiger partial charge in [-0.2, -0.15) is 0 Å². The molecular formula is C14H25NO5. The minimum Gasteiger partial charge on any atom is -0.480 e. The number of rotatable bonds is 4. The van der Waals surface area contributed by atoms with E-state index in [1.807, 2.05) is 0 Å². The highest BCUT2D eigenvalue weighted by molar-refractivity contribution is 5.80. The first kappa shape index (κ1) is 16.8. The Hall–Kier alpha value is -1.30. The zero-order chi connectivity index (χ0) is 15.5. The van der Waals surface area contributed by atoms with Gasteiger partial charge in [0.2, 0.25) is 0 Å². The highest BCUT2D eigenvalue weighted by atomic mass is 16.6.